The smallest absolute Gasteiger partial charge is 0.250 e. The number of anilines is 1. The van der Waals surface area contributed by atoms with Crippen LogP contribution in [0.3, 0.4) is 0 Å². The Morgan fingerprint density at radius 1 is 1.02 bits per heavy atom. The van der Waals surface area contributed by atoms with Crippen LogP contribution in [0.15, 0.2) is 50.4 Å². The second-order valence-corrected chi connectivity index (χ2v) is 15.3. The average Bonchev–Trinajstić information content (AvgIpc) is 3.85. The van der Waals surface area contributed by atoms with E-state index in [-0.39, 0.29) is 34.4 Å². The molecule has 5 aromatic rings. The van der Waals surface area contributed by atoms with Crippen LogP contribution < -0.4 is 5.32 Å². The monoisotopic (exact) mass is 654 g/mol. The summed E-state index contributed by atoms with van der Waals surface area (Å²) in [4.78, 5) is 14.6. The van der Waals surface area contributed by atoms with Crippen molar-refractivity contribution in [2.24, 2.45) is 11.8 Å². The summed E-state index contributed by atoms with van der Waals surface area (Å²) in [6, 6.07) is 7.86. The molecule has 8 rings (SSSR count). The first kappa shape index (κ1) is 30.2. The Labute approximate surface area is 273 Å². The minimum Gasteiger partial charge on any atom is -0.452 e. The molecule has 0 unspecified atom stereocenters. The van der Waals surface area contributed by atoms with Crippen molar-refractivity contribution in [1.29, 1.82) is 0 Å². The summed E-state index contributed by atoms with van der Waals surface area (Å²) < 4.78 is 46.5. The number of furan rings is 1. The number of nitrogens with zero attached hydrogens (tertiary/aromatic N) is 5. The third-order valence-electron chi connectivity index (χ3n) is 9.95. The highest BCUT2D eigenvalue weighted by Gasteiger charge is 2.43. The fraction of sp³-hybridized carbons (Fsp3) is 0.457. The molecular formula is C35H38N6O5S. The Hall–Kier alpha value is -4.16. The van der Waals surface area contributed by atoms with E-state index in [4.69, 9.17) is 18.6 Å². The van der Waals surface area contributed by atoms with Gasteiger partial charge in [-0.2, -0.15) is 0 Å². The van der Waals surface area contributed by atoms with Gasteiger partial charge in [-0.05, 0) is 74.1 Å². The number of hydrogen-bond donors (Lipinski definition) is 1. The van der Waals surface area contributed by atoms with Gasteiger partial charge in [-0.3, -0.25) is 9.97 Å². The van der Waals surface area contributed by atoms with Gasteiger partial charge in [0, 0.05) is 49.5 Å². The van der Waals surface area contributed by atoms with Crippen molar-refractivity contribution < 1.29 is 22.0 Å². The molecule has 0 saturated carbocycles. The fourth-order valence-electron chi connectivity index (χ4n) is 7.45. The zero-order valence-corrected chi connectivity index (χ0v) is 27.6. The first-order valence-corrected chi connectivity index (χ1v) is 18.2. The molecule has 12 heteroatoms. The molecule has 47 heavy (non-hydrogen) atoms. The number of aryl methyl sites for hydroxylation is 3. The molecule has 0 radical (unpaired) electrons. The molecule has 1 saturated heterocycles. The molecular weight excluding hydrogens is 616 g/mol. The van der Waals surface area contributed by atoms with E-state index in [9.17, 15) is 8.42 Å². The molecule has 1 aliphatic carbocycles. The predicted octanol–water partition coefficient (Wildman–Crippen LogP) is 6.63. The number of hydrogen-bond acceptors (Lipinski definition) is 11. The van der Waals surface area contributed by atoms with Gasteiger partial charge in [0.2, 0.25) is 11.8 Å². The zero-order valence-electron chi connectivity index (χ0n) is 26.8. The molecule has 0 aromatic carbocycles. The van der Waals surface area contributed by atoms with E-state index in [1.165, 1.54) is 0 Å². The molecule has 0 bridgehead atoms. The van der Waals surface area contributed by atoms with Crippen molar-refractivity contribution in [1.82, 2.24) is 25.1 Å². The van der Waals surface area contributed by atoms with E-state index in [0.717, 1.165) is 67.7 Å². The maximum absolute atomic E-state index is 14.1. The fourth-order valence-corrected chi connectivity index (χ4v) is 9.66. The lowest BCUT2D eigenvalue weighted by Crippen LogP contribution is -2.17. The molecule has 1 N–H and O–H groups in total. The van der Waals surface area contributed by atoms with Crippen LogP contribution in [0.5, 0.6) is 0 Å². The van der Waals surface area contributed by atoms with Crippen molar-refractivity contribution in [3.63, 3.8) is 0 Å². The minimum absolute atomic E-state index is 0.00453. The van der Waals surface area contributed by atoms with E-state index >= 15 is 0 Å². The maximum atomic E-state index is 14.1. The van der Waals surface area contributed by atoms with Crippen LogP contribution >= 0.6 is 0 Å². The highest BCUT2D eigenvalue weighted by Crippen LogP contribution is 2.49. The molecule has 2 atom stereocenters. The Kier molecular flexibility index (Phi) is 7.59. The molecule has 3 aliphatic rings. The standard InChI is InChI=1S/C35H38N6O5S/c1-19(2)24-18-47(42,43)33-30(29(35-41-40-20(3)45-35)27(38-31(24)33)7-6-21-11-15-44-16-12-21)28-17-22-10-14-37-34(32(22)46-28)39-26-9-8-25-23(26)5-4-13-36-25/h4-5,10,13-14,17,19,21,24,26H,6-9,11-12,15-16,18H2,1-3H3,(H,37,39)/t24-,26-/m1/s1. The molecule has 2 aliphatic heterocycles. The lowest BCUT2D eigenvalue weighted by atomic mass is 9.89. The topological polar surface area (TPSA) is 146 Å². The van der Waals surface area contributed by atoms with Crippen LogP contribution in [-0.4, -0.2) is 52.5 Å². The van der Waals surface area contributed by atoms with Gasteiger partial charge >= 0.3 is 0 Å². The zero-order chi connectivity index (χ0) is 32.3. The minimum atomic E-state index is -3.72. The van der Waals surface area contributed by atoms with Gasteiger partial charge in [0.05, 0.1) is 34.3 Å². The number of pyridine rings is 3. The van der Waals surface area contributed by atoms with Crippen molar-refractivity contribution in [3.8, 4) is 22.8 Å². The van der Waals surface area contributed by atoms with Gasteiger partial charge < -0.3 is 18.9 Å². The van der Waals surface area contributed by atoms with Crippen molar-refractivity contribution >= 4 is 26.6 Å². The van der Waals surface area contributed by atoms with Crippen LogP contribution in [0.2, 0.25) is 0 Å². The van der Waals surface area contributed by atoms with Crippen molar-refractivity contribution in [2.45, 2.75) is 76.2 Å². The molecule has 244 valence electrons. The Morgan fingerprint density at radius 3 is 2.66 bits per heavy atom. The highest BCUT2D eigenvalue weighted by molar-refractivity contribution is 7.92. The summed E-state index contributed by atoms with van der Waals surface area (Å²) in [6.45, 7) is 7.34. The molecule has 11 nitrogen and oxygen atoms in total. The van der Waals surface area contributed by atoms with E-state index in [1.807, 2.05) is 24.4 Å². The molecule has 0 amide bonds. The van der Waals surface area contributed by atoms with Gasteiger partial charge in [0.1, 0.15) is 10.7 Å². The van der Waals surface area contributed by atoms with Crippen LogP contribution in [0.25, 0.3) is 33.7 Å². The Morgan fingerprint density at radius 2 is 1.87 bits per heavy atom. The summed E-state index contributed by atoms with van der Waals surface area (Å²) >= 11 is 0. The second kappa shape index (κ2) is 11.8. The quantitative estimate of drug-likeness (QED) is 0.192. The summed E-state index contributed by atoms with van der Waals surface area (Å²) in [5.41, 5.74) is 5.12. The predicted molar refractivity (Wildman–Crippen MR) is 176 cm³/mol. The van der Waals surface area contributed by atoms with Gasteiger partial charge in [-0.25, -0.2) is 13.4 Å². The maximum Gasteiger partial charge on any atom is 0.250 e. The molecule has 5 aromatic heterocycles. The largest absolute Gasteiger partial charge is 0.452 e. The molecule has 1 fully saturated rings. The number of aromatic nitrogens is 5. The van der Waals surface area contributed by atoms with Crippen LogP contribution in [0.4, 0.5) is 5.82 Å². The van der Waals surface area contributed by atoms with E-state index in [1.54, 1.807) is 13.1 Å². The Bertz CT molecular complexity index is 2080. The average molecular weight is 655 g/mol. The molecule has 7 heterocycles. The van der Waals surface area contributed by atoms with E-state index in [0.29, 0.717) is 52.2 Å². The summed E-state index contributed by atoms with van der Waals surface area (Å²) in [5, 5.41) is 12.9. The van der Waals surface area contributed by atoms with E-state index in [2.05, 4.69) is 45.4 Å². The van der Waals surface area contributed by atoms with Gasteiger partial charge in [0.15, 0.2) is 21.2 Å². The molecule has 0 spiro atoms. The third-order valence-corrected chi connectivity index (χ3v) is 11.8. The van der Waals surface area contributed by atoms with Gasteiger partial charge in [-0.15, -0.1) is 10.2 Å². The lowest BCUT2D eigenvalue weighted by molar-refractivity contribution is 0.0639. The summed E-state index contributed by atoms with van der Waals surface area (Å²) in [6.07, 6.45) is 8.85. The number of ether oxygens (including phenoxy) is 1. The lowest BCUT2D eigenvalue weighted by Gasteiger charge is -2.23. The number of nitrogens with one attached hydrogen (secondary N) is 1. The highest BCUT2D eigenvalue weighted by atomic mass is 32.2. The van der Waals surface area contributed by atoms with Crippen molar-refractivity contribution in [3.05, 3.63) is 65.2 Å². The number of sulfone groups is 1. The van der Waals surface area contributed by atoms with Gasteiger partial charge in [-0.1, -0.05) is 19.9 Å². The Balaban J connectivity index is 1.31. The summed E-state index contributed by atoms with van der Waals surface area (Å²) in [5.74, 6) is 1.95. The second-order valence-electron chi connectivity index (χ2n) is 13.3. The van der Waals surface area contributed by atoms with Crippen molar-refractivity contribution in [2.75, 3.05) is 24.3 Å². The van der Waals surface area contributed by atoms with Gasteiger partial charge in [0.25, 0.3) is 0 Å². The van der Waals surface area contributed by atoms with Crippen LogP contribution in [0.1, 0.15) is 80.0 Å². The third kappa shape index (κ3) is 5.41. The van der Waals surface area contributed by atoms with Crippen LogP contribution in [-0.2, 0) is 27.4 Å². The number of rotatable bonds is 8. The summed E-state index contributed by atoms with van der Waals surface area (Å²) in [7, 11) is -3.72. The van der Waals surface area contributed by atoms with Crippen LogP contribution in [0, 0.1) is 18.8 Å². The first-order chi connectivity index (χ1) is 22.8. The number of fused-ring (bicyclic) bond motifs is 3. The normalized spacial score (nSPS) is 20.6. The first-order valence-electron chi connectivity index (χ1n) is 16.5. The van der Waals surface area contributed by atoms with E-state index < -0.39 is 9.84 Å². The SMILES string of the molecule is Cc1nnc(-c2c(CCC3CCOCC3)nc3c(c2-c2cc4ccnc(N[C@@H]5CCc6ncccc65)c4o2)S(=O)(=O)C[C@@H]3C(C)C)o1.